The number of nitrogens with two attached hydrogens (primary N) is 1. The lowest BCUT2D eigenvalue weighted by atomic mass is 10.0. The quantitative estimate of drug-likeness (QED) is 0.741. The van der Waals surface area contributed by atoms with Gasteiger partial charge in [0.15, 0.2) is 0 Å². The number of aryl methyl sites for hydroxylation is 2. The Kier molecular flexibility index (Phi) is 3.97. The van der Waals surface area contributed by atoms with Gasteiger partial charge in [-0.25, -0.2) is 0 Å². The molecule has 84 valence electrons. The molecule has 0 radical (unpaired) electrons. The summed E-state index contributed by atoms with van der Waals surface area (Å²) < 4.78 is 0. The van der Waals surface area contributed by atoms with Crippen LogP contribution in [0, 0.1) is 13.8 Å². The molecule has 2 N–H and O–H groups in total. The van der Waals surface area contributed by atoms with E-state index in [9.17, 15) is 0 Å². The van der Waals surface area contributed by atoms with Crippen molar-refractivity contribution in [3.63, 3.8) is 0 Å². The molecule has 1 nitrogen and oxygen atoms in total. The molecule has 2 aromatic carbocycles. The van der Waals surface area contributed by atoms with Gasteiger partial charge in [-0.15, -0.1) is 12.4 Å². The van der Waals surface area contributed by atoms with Crippen molar-refractivity contribution in [1.29, 1.82) is 0 Å². The highest BCUT2D eigenvalue weighted by molar-refractivity contribution is 5.85. The van der Waals surface area contributed by atoms with Gasteiger partial charge in [0.05, 0.1) is 0 Å². The summed E-state index contributed by atoms with van der Waals surface area (Å²) in [7, 11) is 0. The highest BCUT2D eigenvalue weighted by atomic mass is 35.5. The van der Waals surface area contributed by atoms with E-state index >= 15 is 0 Å². The lowest BCUT2D eigenvalue weighted by molar-refractivity contribution is 1.34. The molecule has 0 heterocycles. The number of rotatable bonds is 1. The fourth-order valence-electron chi connectivity index (χ4n) is 1.60. The molecule has 2 rings (SSSR count). The van der Waals surface area contributed by atoms with E-state index in [0.717, 1.165) is 5.69 Å². The molecule has 0 atom stereocenters. The fourth-order valence-corrected chi connectivity index (χ4v) is 1.60. The van der Waals surface area contributed by atoms with Crippen molar-refractivity contribution in [2.45, 2.75) is 13.8 Å². The van der Waals surface area contributed by atoms with E-state index in [2.05, 4.69) is 44.2 Å². The van der Waals surface area contributed by atoms with Gasteiger partial charge in [-0.1, -0.05) is 30.3 Å². The second kappa shape index (κ2) is 5.04. The van der Waals surface area contributed by atoms with Crippen LogP contribution in [0.15, 0.2) is 42.5 Å². The molecule has 16 heavy (non-hydrogen) atoms. The van der Waals surface area contributed by atoms with Crippen molar-refractivity contribution in [3.05, 3.63) is 53.6 Å². The minimum atomic E-state index is 0. The molecule has 0 fully saturated rings. The Morgan fingerprint density at radius 1 is 0.750 bits per heavy atom. The van der Waals surface area contributed by atoms with Gasteiger partial charge < -0.3 is 5.73 Å². The zero-order chi connectivity index (χ0) is 10.8. The van der Waals surface area contributed by atoms with Gasteiger partial charge in [-0.2, -0.15) is 0 Å². The van der Waals surface area contributed by atoms with Crippen molar-refractivity contribution in [2.75, 3.05) is 5.73 Å². The summed E-state index contributed by atoms with van der Waals surface area (Å²) in [5.74, 6) is 0. The predicted octanol–water partition coefficient (Wildman–Crippen LogP) is 3.97. The third-order valence-electron chi connectivity index (χ3n) is 2.75. The summed E-state index contributed by atoms with van der Waals surface area (Å²) in [6.45, 7) is 4.26. The SMILES string of the molecule is Cc1ccc(-c2ccc(N)cc2)cc1C.Cl. The molecule has 0 saturated heterocycles. The minimum absolute atomic E-state index is 0. The summed E-state index contributed by atoms with van der Waals surface area (Å²) >= 11 is 0. The fraction of sp³-hybridized carbons (Fsp3) is 0.143. The topological polar surface area (TPSA) is 26.0 Å². The van der Waals surface area contributed by atoms with Crippen LogP contribution in [-0.4, -0.2) is 0 Å². The summed E-state index contributed by atoms with van der Waals surface area (Å²) in [6.07, 6.45) is 0. The van der Waals surface area contributed by atoms with Crippen LogP contribution in [0.4, 0.5) is 5.69 Å². The van der Waals surface area contributed by atoms with E-state index in [1.54, 1.807) is 0 Å². The molecule has 0 aliphatic rings. The maximum absolute atomic E-state index is 5.66. The van der Waals surface area contributed by atoms with E-state index in [0.29, 0.717) is 0 Å². The number of hydrogen-bond donors (Lipinski definition) is 1. The Hall–Kier alpha value is -1.47. The second-order valence-electron chi connectivity index (χ2n) is 3.92. The van der Waals surface area contributed by atoms with Crippen molar-refractivity contribution in [3.8, 4) is 11.1 Å². The van der Waals surface area contributed by atoms with Crippen LogP contribution in [0.25, 0.3) is 11.1 Å². The molecular weight excluding hydrogens is 218 g/mol. The van der Waals surface area contributed by atoms with Gasteiger partial charge in [-0.05, 0) is 48.2 Å². The Labute approximate surface area is 103 Å². The largest absolute Gasteiger partial charge is 0.399 e. The van der Waals surface area contributed by atoms with Crippen molar-refractivity contribution in [2.24, 2.45) is 0 Å². The lowest BCUT2D eigenvalue weighted by Crippen LogP contribution is -1.85. The zero-order valence-electron chi connectivity index (χ0n) is 9.53. The Bertz CT molecular complexity index is 475. The van der Waals surface area contributed by atoms with Gasteiger partial charge in [0.2, 0.25) is 0 Å². The van der Waals surface area contributed by atoms with E-state index in [1.165, 1.54) is 22.3 Å². The normalized spacial score (nSPS) is 9.62. The van der Waals surface area contributed by atoms with Crippen LogP contribution < -0.4 is 5.73 Å². The average Bonchev–Trinajstić information content (AvgIpc) is 2.23. The van der Waals surface area contributed by atoms with Gasteiger partial charge in [0, 0.05) is 5.69 Å². The van der Waals surface area contributed by atoms with Gasteiger partial charge in [0.1, 0.15) is 0 Å². The van der Waals surface area contributed by atoms with Crippen LogP contribution in [0.2, 0.25) is 0 Å². The van der Waals surface area contributed by atoms with Crippen LogP contribution in [0.3, 0.4) is 0 Å². The third kappa shape index (κ3) is 2.56. The summed E-state index contributed by atoms with van der Waals surface area (Å²) in [6, 6.07) is 14.5. The van der Waals surface area contributed by atoms with Crippen molar-refractivity contribution >= 4 is 18.1 Å². The maximum Gasteiger partial charge on any atom is 0.0314 e. The smallest absolute Gasteiger partial charge is 0.0314 e. The van der Waals surface area contributed by atoms with E-state index in [1.807, 2.05) is 12.1 Å². The van der Waals surface area contributed by atoms with Gasteiger partial charge >= 0.3 is 0 Å². The standard InChI is InChI=1S/C14H15N.ClH/c1-10-3-4-13(9-11(10)2)12-5-7-14(15)8-6-12;/h3-9H,15H2,1-2H3;1H. The summed E-state index contributed by atoms with van der Waals surface area (Å²) in [4.78, 5) is 0. The molecule has 0 aromatic heterocycles. The first kappa shape index (κ1) is 12.6. The molecule has 0 aliphatic carbocycles. The molecule has 0 saturated carbocycles. The van der Waals surface area contributed by atoms with Crippen molar-refractivity contribution in [1.82, 2.24) is 0 Å². The first-order valence-corrected chi connectivity index (χ1v) is 5.10. The number of nitrogen functional groups attached to an aromatic ring is 1. The number of hydrogen-bond acceptors (Lipinski definition) is 1. The molecule has 0 unspecified atom stereocenters. The molecule has 0 aliphatic heterocycles. The molecule has 0 spiro atoms. The van der Waals surface area contributed by atoms with Gasteiger partial charge in [-0.3, -0.25) is 0 Å². The highest BCUT2D eigenvalue weighted by Crippen LogP contribution is 2.22. The molecule has 0 amide bonds. The molecule has 0 bridgehead atoms. The van der Waals surface area contributed by atoms with E-state index in [4.69, 9.17) is 5.73 Å². The van der Waals surface area contributed by atoms with E-state index < -0.39 is 0 Å². The maximum atomic E-state index is 5.66. The highest BCUT2D eigenvalue weighted by Gasteiger charge is 1.99. The van der Waals surface area contributed by atoms with Gasteiger partial charge in [0.25, 0.3) is 0 Å². The van der Waals surface area contributed by atoms with Crippen LogP contribution >= 0.6 is 12.4 Å². The number of benzene rings is 2. The van der Waals surface area contributed by atoms with Crippen LogP contribution in [0.1, 0.15) is 11.1 Å². The lowest BCUT2D eigenvalue weighted by Gasteiger charge is -2.05. The number of anilines is 1. The Balaban J connectivity index is 0.00000128. The second-order valence-corrected chi connectivity index (χ2v) is 3.92. The molecule has 2 aromatic rings. The first-order chi connectivity index (χ1) is 7.16. The first-order valence-electron chi connectivity index (χ1n) is 5.10. The van der Waals surface area contributed by atoms with Crippen LogP contribution in [0.5, 0.6) is 0 Å². The average molecular weight is 234 g/mol. The third-order valence-corrected chi connectivity index (χ3v) is 2.75. The summed E-state index contributed by atoms with van der Waals surface area (Å²) in [5.41, 5.74) is 11.6. The van der Waals surface area contributed by atoms with E-state index in [-0.39, 0.29) is 12.4 Å². The molecular formula is C14H16ClN. The predicted molar refractivity (Wildman–Crippen MR) is 73.0 cm³/mol. The molecule has 2 heteroatoms. The van der Waals surface area contributed by atoms with Crippen molar-refractivity contribution < 1.29 is 0 Å². The summed E-state index contributed by atoms with van der Waals surface area (Å²) in [5, 5.41) is 0. The van der Waals surface area contributed by atoms with Crippen LogP contribution in [-0.2, 0) is 0 Å². The zero-order valence-corrected chi connectivity index (χ0v) is 10.3. The number of halogens is 1. The monoisotopic (exact) mass is 233 g/mol. The Morgan fingerprint density at radius 3 is 1.88 bits per heavy atom. The Morgan fingerprint density at radius 2 is 1.31 bits per heavy atom. The minimum Gasteiger partial charge on any atom is -0.399 e.